The Morgan fingerprint density at radius 2 is 1.81 bits per heavy atom. The summed E-state index contributed by atoms with van der Waals surface area (Å²) in [6.45, 7) is 4.67. The topological polar surface area (TPSA) is 50.8 Å². The Morgan fingerprint density at radius 1 is 1.12 bits per heavy atom. The molecule has 1 atom stereocenters. The first-order valence-corrected chi connectivity index (χ1v) is 8.74. The van der Waals surface area contributed by atoms with Gasteiger partial charge in [0.05, 0.1) is 20.3 Å². The Morgan fingerprint density at radius 3 is 2.46 bits per heavy atom. The largest absolute Gasteiger partial charge is 0.493 e. The number of benzene rings is 2. The first-order chi connectivity index (χ1) is 12.5. The van der Waals surface area contributed by atoms with Crippen molar-refractivity contribution in [1.82, 2.24) is 4.90 Å². The molecule has 0 aliphatic carbocycles. The second-order valence-corrected chi connectivity index (χ2v) is 6.40. The van der Waals surface area contributed by atoms with Gasteiger partial charge in [-0.05, 0) is 56.6 Å². The van der Waals surface area contributed by atoms with E-state index in [1.807, 2.05) is 68.3 Å². The zero-order valence-corrected chi connectivity index (χ0v) is 16.2. The van der Waals surface area contributed by atoms with Gasteiger partial charge in [0, 0.05) is 12.2 Å². The van der Waals surface area contributed by atoms with E-state index in [9.17, 15) is 4.79 Å². The maximum Gasteiger partial charge on any atom is 0.241 e. The molecule has 0 aromatic heterocycles. The van der Waals surface area contributed by atoms with Crippen molar-refractivity contribution in [2.24, 2.45) is 0 Å². The lowest BCUT2D eigenvalue weighted by atomic mass is 10.1. The van der Waals surface area contributed by atoms with Gasteiger partial charge in [0.25, 0.3) is 0 Å². The van der Waals surface area contributed by atoms with Crippen molar-refractivity contribution >= 4 is 11.6 Å². The molecule has 5 nitrogen and oxygen atoms in total. The Bertz CT molecular complexity index is 746. The van der Waals surface area contributed by atoms with Crippen LogP contribution in [0.25, 0.3) is 0 Å². The van der Waals surface area contributed by atoms with Crippen LogP contribution in [-0.4, -0.2) is 44.7 Å². The maximum atomic E-state index is 12.5. The summed E-state index contributed by atoms with van der Waals surface area (Å²) in [5.41, 5.74) is 3.06. The molecule has 140 valence electrons. The van der Waals surface area contributed by atoms with E-state index in [4.69, 9.17) is 9.47 Å². The number of ether oxygens (including phenoxy) is 2. The number of hydrogen-bond acceptors (Lipinski definition) is 4. The molecule has 0 radical (unpaired) electrons. The van der Waals surface area contributed by atoms with E-state index in [-0.39, 0.29) is 11.9 Å². The highest BCUT2D eigenvalue weighted by Crippen LogP contribution is 2.27. The average molecular weight is 356 g/mol. The van der Waals surface area contributed by atoms with Gasteiger partial charge in [-0.25, -0.2) is 0 Å². The van der Waals surface area contributed by atoms with Gasteiger partial charge in [-0.15, -0.1) is 0 Å². The van der Waals surface area contributed by atoms with E-state index in [1.54, 1.807) is 14.2 Å². The number of nitrogens with zero attached hydrogens (tertiary/aromatic N) is 1. The van der Waals surface area contributed by atoms with Crippen LogP contribution in [0.1, 0.15) is 18.1 Å². The summed E-state index contributed by atoms with van der Waals surface area (Å²) in [4.78, 5) is 14.6. The normalized spacial score (nSPS) is 11.9. The second-order valence-electron chi connectivity index (χ2n) is 6.40. The number of rotatable bonds is 8. The summed E-state index contributed by atoms with van der Waals surface area (Å²) in [5, 5.41) is 3.01. The van der Waals surface area contributed by atoms with Crippen LogP contribution in [0, 0.1) is 6.92 Å². The number of para-hydroxylation sites is 1. The fourth-order valence-corrected chi connectivity index (χ4v) is 2.69. The lowest BCUT2D eigenvalue weighted by molar-refractivity contribution is -0.120. The zero-order valence-electron chi connectivity index (χ0n) is 16.2. The highest BCUT2D eigenvalue weighted by Gasteiger charge is 2.18. The standard InChI is InChI=1S/C21H28N2O3/c1-15-8-6-7-9-18(15)22-21(24)16(2)23(3)13-12-17-10-11-19(25-4)20(14-17)26-5/h6-11,14,16H,12-13H2,1-5H3,(H,22,24). The van der Waals surface area contributed by atoms with Crippen molar-refractivity contribution in [2.45, 2.75) is 26.3 Å². The number of likely N-dealkylation sites (N-methyl/N-ethyl adjacent to an activating group) is 1. The molecule has 1 unspecified atom stereocenters. The van der Waals surface area contributed by atoms with Gasteiger partial charge >= 0.3 is 0 Å². The zero-order chi connectivity index (χ0) is 19.1. The minimum absolute atomic E-state index is 0.00545. The molecule has 26 heavy (non-hydrogen) atoms. The molecule has 2 aromatic rings. The monoisotopic (exact) mass is 356 g/mol. The predicted molar refractivity (Wildman–Crippen MR) is 105 cm³/mol. The van der Waals surface area contributed by atoms with Gasteiger partial charge in [-0.3, -0.25) is 9.69 Å². The van der Waals surface area contributed by atoms with E-state index in [0.717, 1.165) is 41.3 Å². The molecule has 0 spiro atoms. The first-order valence-electron chi connectivity index (χ1n) is 8.74. The summed E-state index contributed by atoms with van der Waals surface area (Å²) in [7, 11) is 5.22. The molecular weight excluding hydrogens is 328 g/mol. The second kappa shape index (κ2) is 9.25. The summed E-state index contributed by atoms with van der Waals surface area (Å²) < 4.78 is 10.6. The number of anilines is 1. The van der Waals surface area contributed by atoms with Gasteiger partial charge in [-0.2, -0.15) is 0 Å². The lowest BCUT2D eigenvalue weighted by Gasteiger charge is -2.24. The summed E-state index contributed by atoms with van der Waals surface area (Å²) in [5.74, 6) is 1.43. The fraction of sp³-hybridized carbons (Fsp3) is 0.381. The number of carbonyl (C=O) groups excluding carboxylic acids is 1. The number of carbonyl (C=O) groups is 1. The third-order valence-electron chi connectivity index (χ3n) is 4.64. The van der Waals surface area contributed by atoms with Crippen LogP contribution < -0.4 is 14.8 Å². The molecule has 0 aliphatic heterocycles. The third kappa shape index (κ3) is 4.99. The minimum atomic E-state index is -0.227. The van der Waals surface area contributed by atoms with Crippen molar-refractivity contribution in [1.29, 1.82) is 0 Å². The minimum Gasteiger partial charge on any atom is -0.493 e. The van der Waals surface area contributed by atoms with Crippen molar-refractivity contribution in [3.05, 3.63) is 53.6 Å². The van der Waals surface area contributed by atoms with Gasteiger partial charge in [0.1, 0.15) is 0 Å². The van der Waals surface area contributed by atoms with Crippen LogP contribution in [0.15, 0.2) is 42.5 Å². The molecule has 2 aromatic carbocycles. The highest BCUT2D eigenvalue weighted by molar-refractivity contribution is 5.95. The van der Waals surface area contributed by atoms with Crippen molar-refractivity contribution < 1.29 is 14.3 Å². The molecule has 2 rings (SSSR count). The van der Waals surface area contributed by atoms with Crippen LogP contribution in [0.4, 0.5) is 5.69 Å². The molecule has 0 bridgehead atoms. The van der Waals surface area contributed by atoms with E-state index in [0.29, 0.717) is 0 Å². The summed E-state index contributed by atoms with van der Waals surface area (Å²) in [6, 6.07) is 13.5. The van der Waals surface area contributed by atoms with Crippen LogP contribution in [0.5, 0.6) is 11.5 Å². The average Bonchev–Trinajstić information content (AvgIpc) is 2.66. The molecule has 0 saturated heterocycles. The quantitative estimate of drug-likeness (QED) is 0.786. The SMILES string of the molecule is COc1ccc(CCN(C)C(C)C(=O)Nc2ccccc2C)cc1OC. The van der Waals surface area contributed by atoms with Gasteiger partial charge < -0.3 is 14.8 Å². The van der Waals surface area contributed by atoms with Crippen LogP contribution in [0.2, 0.25) is 0 Å². The summed E-state index contributed by atoms with van der Waals surface area (Å²) in [6.07, 6.45) is 0.818. The van der Waals surface area contributed by atoms with Crippen molar-refractivity contribution in [2.75, 3.05) is 33.1 Å². The molecule has 0 fully saturated rings. The third-order valence-corrected chi connectivity index (χ3v) is 4.64. The molecule has 1 amide bonds. The smallest absolute Gasteiger partial charge is 0.241 e. The van der Waals surface area contributed by atoms with Gasteiger partial charge in [-0.1, -0.05) is 24.3 Å². The number of hydrogen-bond donors (Lipinski definition) is 1. The molecule has 0 aliphatic rings. The molecule has 0 heterocycles. The van der Waals surface area contributed by atoms with Gasteiger partial charge in [0.2, 0.25) is 5.91 Å². The van der Waals surface area contributed by atoms with E-state index in [2.05, 4.69) is 5.32 Å². The number of aryl methyl sites for hydroxylation is 1. The van der Waals surface area contributed by atoms with Crippen LogP contribution in [-0.2, 0) is 11.2 Å². The summed E-state index contributed by atoms with van der Waals surface area (Å²) >= 11 is 0. The highest BCUT2D eigenvalue weighted by atomic mass is 16.5. The van der Waals surface area contributed by atoms with E-state index in [1.165, 1.54) is 0 Å². The van der Waals surface area contributed by atoms with Crippen LogP contribution in [0.3, 0.4) is 0 Å². The van der Waals surface area contributed by atoms with E-state index < -0.39 is 0 Å². The van der Waals surface area contributed by atoms with E-state index >= 15 is 0 Å². The Labute approximate surface area is 155 Å². The first kappa shape index (κ1) is 19.8. The number of amides is 1. The van der Waals surface area contributed by atoms with Gasteiger partial charge in [0.15, 0.2) is 11.5 Å². The Balaban J connectivity index is 1.93. The maximum absolute atomic E-state index is 12.5. The Kier molecular flexibility index (Phi) is 7.04. The molecule has 5 heteroatoms. The Hall–Kier alpha value is -2.53. The molecule has 0 saturated carbocycles. The number of methoxy groups -OCH3 is 2. The fourth-order valence-electron chi connectivity index (χ4n) is 2.69. The molecule has 1 N–H and O–H groups in total. The van der Waals surface area contributed by atoms with Crippen molar-refractivity contribution in [3.63, 3.8) is 0 Å². The van der Waals surface area contributed by atoms with Crippen LogP contribution >= 0.6 is 0 Å². The molecular formula is C21H28N2O3. The predicted octanol–water partition coefficient (Wildman–Crippen LogP) is 3.51. The lowest BCUT2D eigenvalue weighted by Crippen LogP contribution is -2.40. The van der Waals surface area contributed by atoms with Crippen molar-refractivity contribution in [3.8, 4) is 11.5 Å². The number of nitrogens with one attached hydrogen (secondary N) is 1.